The predicted molar refractivity (Wildman–Crippen MR) is 72.1 cm³/mol. The van der Waals surface area contributed by atoms with E-state index in [2.05, 4.69) is 18.3 Å². The molecule has 0 aliphatic carbocycles. The maximum Gasteiger partial charge on any atom is 0.221 e. The van der Waals surface area contributed by atoms with Crippen molar-refractivity contribution in [2.75, 3.05) is 12.3 Å². The van der Waals surface area contributed by atoms with Crippen molar-refractivity contribution in [3.05, 3.63) is 23.8 Å². The average molecular weight is 250 g/mol. The van der Waals surface area contributed by atoms with Gasteiger partial charge in [0, 0.05) is 28.8 Å². The zero-order chi connectivity index (χ0) is 12.3. The standard InChI is InChI=1S/C13H18N2OS/c1-9-4-5-11(14)12(7-9)17-10-3-2-6-15-13(16)8-10/h4-5,7,10H,2-3,6,8,14H2,1H3,(H,15,16). The summed E-state index contributed by atoms with van der Waals surface area (Å²) in [5.74, 6) is 0.159. The molecule has 0 bridgehead atoms. The van der Waals surface area contributed by atoms with Crippen LogP contribution in [0.5, 0.6) is 0 Å². The number of nitrogen functional groups attached to an aromatic ring is 1. The highest BCUT2D eigenvalue weighted by Crippen LogP contribution is 2.33. The quantitative estimate of drug-likeness (QED) is 0.792. The van der Waals surface area contributed by atoms with Gasteiger partial charge in [-0.05, 0) is 37.5 Å². The number of hydrogen-bond acceptors (Lipinski definition) is 3. The van der Waals surface area contributed by atoms with Crippen LogP contribution in [0.2, 0.25) is 0 Å². The smallest absolute Gasteiger partial charge is 0.221 e. The van der Waals surface area contributed by atoms with Crippen molar-refractivity contribution in [3.63, 3.8) is 0 Å². The fraction of sp³-hybridized carbons (Fsp3) is 0.462. The molecule has 1 amide bonds. The summed E-state index contributed by atoms with van der Waals surface area (Å²) in [5.41, 5.74) is 7.98. The molecule has 1 aromatic rings. The van der Waals surface area contributed by atoms with Gasteiger partial charge in [-0.1, -0.05) is 6.07 Å². The van der Waals surface area contributed by atoms with Crippen molar-refractivity contribution in [2.45, 2.75) is 36.3 Å². The normalized spacial score (nSPS) is 20.8. The third-order valence-electron chi connectivity index (χ3n) is 2.90. The van der Waals surface area contributed by atoms with Crippen LogP contribution in [-0.2, 0) is 4.79 Å². The maximum atomic E-state index is 11.5. The summed E-state index contributed by atoms with van der Waals surface area (Å²) >= 11 is 1.74. The Hall–Kier alpha value is -1.16. The highest BCUT2D eigenvalue weighted by Gasteiger charge is 2.19. The van der Waals surface area contributed by atoms with Gasteiger partial charge in [0.15, 0.2) is 0 Å². The Morgan fingerprint density at radius 3 is 3.12 bits per heavy atom. The van der Waals surface area contributed by atoms with E-state index in [-0.39, 0.29) is 5.91 Å². The molecule has 0 aromatic heterocycles. The molecule has 1 saturated heterocycles. The van der Waals surface area contributed by atoms with Gasteiger partial charge in [0.1, 0.15) is 0 Å². The van der Waals surface area contributed by atoms with E-state index in [9.17, 15) is 4.79 Å². The number of aryl methyl sites for hydroxylation is 1. The first-order valence-corrected chi connectivity index (χ1v) is 6.82. The van der Waals surface area contributed by atoms with Gasteiger partial charge in [0.2, 0.25) is 5.91 Å². The summed E-state index contributed by atoms with van der Waals surface area (Å²) in [4.78, 5) is 12.6. The van der Waals surface area contributed by atoms with E-state index in [1.54, 1.807) is 11.8 Å². The lowest BCUT2D eigenvalue weighted by molar-refractivity contribution is -0.120. The second kappa shape index (κ2) is 5.45. The van der Waals surface area contributed by atoms with E-state index in [0.717, 1.165) is 30.0 Å². The van der Waals surface area contributed by atoms with Gasteiger partial charge in [0.25, 0.3) is 0 Å². The van der Waals surface area contributed by atoms with E-state index in [1.807, 2.05) is 12.1 Å². The second-order valence-corrected chi connectivity index (χ2v) is 5.82. The van der Waals surface area contributed by atoms with Crippen LogP contribution in [0.25, 0.3) is 0 Å². The lowest BCUT2D eigenvalue weighted by Gasteiger charge is -2.14. The molecular weight excluding hydrogens is 232 g/mol. The lowest BCUT2D eigenvalue weighted by atomic mass is 10.2. The third-order valence-corrected chi connectivity index (χ3v) is 4.24. The number of hydrogen-bond donors (Lipinski definition) is 2. The summed E-state index contributed by atoms with van der Waals surface area (Å²) in [7, 11) is 0. The van der Waals surface area contributed by atoms with Crippen LogP contribution in [0.15, 0.2) is 23.1 Å². The van der Waals surface area contributed by atoms with Crippen LogP contribution in [-0.4, -0.2) is 17.7 Å². The lowest BCUT2D eigenvalue weighted by Crippen LogP contribution is -2.22. The van der Waals surface area contributed by atoms with Crippen LogP contribution in [0.1, 0.15) is 24.8 Å². The summed E-state index contributed by atoms with van der Waals surface area (Å²) < 4.78 is 0. The summed E-state index contributed by atoms with van der Waals surface area (Å²) in [6.07, 6.45) is 2.71. The fourth-order valence-electron chi connectivity index (χ4n) is 1.96. The van der Waals surface area contributed by atoms with E-state index in [0.29, 0.717) is 11.7 Å². The highest BCUT2D eigenvalue weighted by atomic mass is 32.2. The molecule has 1 aliphatic heterocycles. The number of anilines is 1. The number of carbonyl (C=O) groups excluding carboxylic acids is 1. The Bertz CT molecular complexity index is 420. The first kappa shape index (κ1) is 12.3. The molecule has 0 radical (unpaired) electrons. The zero-order valence-corrected chi connectivity index (χ0v) is 10.8. The van der Waals surface area contributed by atoms with Crippen molar-refractivity contribution in [1.29, 1.82) is 0 Å². The number of amides is 1. The Balaban J connectivity index is 2.08. The topological polar surface area (TPSA) is 55.1 Å². The third kappa shape index (κ3) is 3.40. The van der Waals surface area contributed by atoms with Crippen LogP contribution < -0.4 is 11.1 Å². The molecular formula is C13H18N2OS. The van der Waals surface area contributed by atoms with Gasteiger partial charge in [-0.15, -0.1) is 11.8 Å². The molecule has 3 N–H and O–H groups in total. The molecule has 1 unspecified atom stereocenters. The molecule has 1 atom stereocenters. The van der Waals surface area contributed by atoms with E-state index < -0.39 is 0 Å². The summed E-state index contributed by atoms with van der Waals surface area (Å²) in [6.45, 7) is 2.86. The monoisotopic (exact) mass is 250 g/mol. The Morgan fingerprint density at radius 1 is 1.47 bits per heavy atom. The first-order valence-electron chi connectivity index (χ1n) is 5.94. The molecule has 1 fully saturated rings. The molecule has 2 rings (SSSR count). The van der Waals surface area contributed by atoms with Crippen LogP contribution in [0.4, 0.5) is 5.69 Å². The number of thioether (sulfide) groups is 1. The molecule has 4 heteroatoms. The Labute approximate surface area is 106 Å². The average Bonchev–Trinajstić information content (AvgIpc) is 2.48. The fourth-order valence-corrected chi connectivity index (χ4v) is 3.30. The number of nitrogens with two attached hydrogens (primary N) is 1. The molecule has 92 valence electrons. The SMILES string of the molecule is Cc1ccc(N)c(SC2CCCNC(=O)C2)c1. The van der Waals surface area contributed by atoms with Crippen molar-refractivity contribution < 1.29 is 4.79 Å². The van der Waals surface area contributed by atoms with Crippen molar-refractivity contribution in [3.8, 4) is 0 Å². The number of nitrogens with one attached hydrogen (secondary N) is 1. The van der Waals surface area contributed by atoms with Crippen LogP contribution >= 0.6 is 11.8 Å². The molecule has 1 aliphatic rings. The Kier molecular flexibility index (Phi) is 3.94. The number of benzene rings is 1. The Morgan fingerprint density at radius 2 is 2.29 bits per heavy atom. The van der Waals surface area contributed by atoms with Crippen molar-refractivity contribution in [2.24, 2.45) is 0 Å². The minimum Gasteiger partial charge on any atom is -0.398 e. The molecule has 1 aromatic carbocycles. The molecule has 17 heavy (non-hydrogen) atoms. The summed E-state index contributed by atoms with van der Waals surface area (Å²) in [5, 5.41) is 3.25. The minimum atomic E-state index is 0.159. The number of rotatable bonds is 2. The van der Waals surface area contributed by atoms with E-state index >= 15 is 0 Å². The molecule has 0 spiro atoms. The van der Waals surface area contributed by atoms with Crippen LogP contribution in [0, 0.1) is 6.92 Å². The van der Waals surface area contributed by atoms with Gasteiger partial charge in [-0.25, -0.2) is 0 Å². The second-order valence-electron chi connectivity index (χ2n) is 4.48. The van der Waals surface area contributed by atoms with Gasteiger partial charge in [-0.2, -0.15) is 0 Å². The maximum absolute atomic E-state index is 11.5. The zero-order valence-electron chi connectivity index (χ0n) is 10.0. The van der Waals surface area contributed by atoms with Crippen LogP contribution in [0.3, 0.4) is 0 Å². The molecule has 1 heterocycles. The first-order chi connectivity index (χ1) is 8.15. The van der Waals surface area contributed by atoms with E-state index in [1.165, 1.54) is 5.56 Å². The predicted octanol–water partition coefficient (Wildman–Crippen LogP) is 2.34. The van der Waals surface area contributed by atoms with Crippen molar-refractivity contribution >= 4 is 23.4 Å². The molecule has 0 saturated carbocycles. The van der Waals surface area contributed by atoms with Crippen molar-refractivity contribution in [1.82, 2.24) is 5.32 Å². The highest BCUT2D eigenvalue weighted by molar-refractivity contribution is 8.00. The number of carbonyl (C=O) groups is 1. The largest absolute Gasteiger partial charge is 0.398 e. The van der Waals surface area contributed by atoms with Gasteiger partial charge in [0.05, 0.1) is 0 Å². The summed E-state index contributed by atoms with van der Waals surface area (Å²) in [6, 6.07) is 6.05. The van der Waals surface area contributed by atoms with Gasteiger partial charge < -0.3 is 11.1 Å². The van der Waals surface area contributed by atoms with Gasteiger partial charge >= 0.3 is 0 Å². The van der Waals surface area contributed by atoms with Gasteiger partial charge in [-0.3, -0.25) is 4.79 Å². The molecule has 3 nitrogen and oxygen atoms in total. The minimum absolute atomic E-state index is 0.159. The van der Waals surface area contributed by atoms with E-state index in [4.69, 9.17) is 5.73 Å².